The third kappa shape index (κ3) is 6.28. The molecule has 0 aliphatic heterocycles. The molecule has 1 rings (SSSR count). The summed E-state index contributed by atoms with van der Waals surface area (Å²) in [6.45, 7) is 2.59. The molecule has 0 radical (unpaired) electrons. The Morgan fingerprint density at radius 3 is 2.83 bits per heavy atom. The summed E-state index contributed by atoms with van der Waals surface area (Å²) in [5, 5.41) is 0. The maximum atomic E-state index is 13.4. The summed E-state index contributed by atoms with van der Waals surface area (Å²) in [6, 6.07) is 4.58. The molecule has 1 N–H and O–H groups in total. The van der Waals surface area contributed by atoms with Gasteiger partial charge >= 0.3 is 0 Å². The summed E-state index contributed by atoms with van der Waals surface area (Å²) in [5.74, 6) is 0.170. The van der Waals surface area contributed by atoms with Crippen molar-refractivity contribution >= 4 is 49.2 Å². The minimum atomic E-state index is -0.335. The highest BCUT2D eigenvalue weighted by Gasteiger charge is 2.07. The third-order valence-electron chi connectivity index (χ3n) is 2.24. The number of aryl methyl sites for hydroxylation is 1. The largest absolute Gasteiger partial charge is 0.489 e. The van der Waals surface area contributed by atoms with Crippen LogP contribution in [0, 0.1) is 5.82 Å². The Bertz CT molecular complexity index is 415. The van der Waals surface area contributed by atoms with Crippen LogP contribution in [0.4, 0.5) is 4.39 Å². The van der Waals surface area contributed by atoms with Crippen LogP contribution < -0.4 is 8.27 Å². The lowest BCUT2D eigenvalue weighted by Crippen LogP contribution is -2.23. The smallest absolute Gasteiger partial charge is 0.192 e. The second-order valence-corrected chi connectivity index (χ2v) is 5.88. The van der Waals surface area contributed by atoms with Crippen molar-refractivity contribution in [2.24, 2.45) is 0 Å². The van der Waals surface area contributed by atoms with Gasteiger partial charge in [-0.1, -0.05) is 0 Å². The second kappa shape index (κ2) is 8.26. The summed E-state index contributed by atoms with van der Waals surface area (Å²) in [5.41, 5.74) is 0.782. The molecule has 0 saturated carbocycles. The summed E-state index contributed by atoms with van der Waals surface area (Å²) >= 11 is 3.78. The average Bonchev–Trinajstić information content (AvgIpc) is 2.25. The molecular formula is C12H14FI2NO2. The van der Waals surface area contributed by atoms with E-state index in [-0.39, 0.29) is 15.7 Å². The first-order valence-electron chi connectivity index (χ1n) is 5.49. The molecule has 0 fully saturated rings. The minimum absolute atomic E-state index is 0.0391. The van der Waals surface area contributed by atoms with Crippen molar-refractivity contribution in [3.63, 3.8) is 0 Å². The molecule has 1 aromatic carbocycles. The Hall–Kier alpha value is 0.0400. The molecular weight excluding hydrogens is 463 g/mol. The van der Waals surface area contributed by atoms with Crippen LogP contribution in [0.3, 0.4) is 0 Å². The van der Waals surface area contributed by atoms with E-state index in [2.05, 4.69) is 3.53 Å². The number of ether oxygens (including phenoxy) is 1. The van der Waals surface area contributed by atoms with Gasteiger partial charge in [0.15, 0.2) is 3.79 Å². The maximum absolute atomic E-state index is 13.4. The van der Waals surface area contributed by atoms with Crippen LogP contribution in [-0.4, -0.2) is 16.4 Å². The Morgan fingerprint density at radius 2 is 2.22 bits per heavy atom. The van der Waals surface area contributed by atoms with Crippen LogP contribution in [0.2, 0.25) is 0 Å². The quantitative estimate of drug-likeness (QED) is 0.372. The number of rotatable bonds is 7. The number of benzene rings is 1. The van der Waals surface area contributed by atoms with Gasteiger partial charge in [0.05, 0.1) is 0 Å². The van der Waals surface area contributed by atoms with E-state index >= 15 is 0 Å². The lowest BCUT2D eigenvalue weighted by molar-refractivity contribution is -0.109. The van der Waals surface area contributed by atoms with Crippen LogP contribution in [-0.2, 0) is 11.2 Å². The molecule has 0 aliphatic carbocycles. The zero-order valence-corrected chi connectivity index (χ0v) is 14.2. The van der Waals surface area contributed by atoms with E-state index in [0.29, 0.717) is 25.1 Å². The first kappa shape index (κ1) is 16.1. The number of hydrogen-bond donors (Lipinski definition) is 1. The molecule has 100 valence electrons. The number of carbonyl (C=O) groups is 1. The van der Waals surface area contributed by atoms with Crippen molar-refractivity contribution in [3.05, 3.63) is 29.6 Å². The molecule has 0 amide bonds. The van der Waals surface area contributed by atoms with E-state index in [9.17, 15) is 9.18 Å². The van der Waals surface area contributed by atoms with E-state index in [0.717, 1.165) is 5.56 Å². The van der Waals surface area contributed by atoms with Gasteiger partial charge in [0.25, 0.3) is 0 Å². The summed E-state index contributed by atoms with van der Waals surface area (Å²) in [4.78, 5) is 10.9. The molecule has 0 spiro atoms. The molecule has 0 bridgehead atoms. The van der Waals surface area contributed by atoms with Crippen LogP contribution >= 0.6 is 45.5 Å². The van der Waals surface area contributed by atoms with Crippen LogP contribution in [0.25, 0.3) is 0 Å². The van der Waals surface area contributed by atoms with Crippen molar-refractivity contribution in [1.29, 1.82) is 0 Å². The van der Waals surface area contributed by atoms with Gasteiger partial charge in [-0.2, -0.15) is 0 Å². The van der Waals surface area contributed by atoms with Crippen molar-refractivity contribution < 1.29 is 13.9 Å². The highest BCUT2D eigenvalue weighted by atomic mass is 127. The first-order valence-corrected chi connectivity index (χ1v) is 7.65. The van der Waals surface area contributed by atoms with Crippen LogP contribution in [0.15, 0.2) is 18.2 Å². The summed E-state index contributed by atoms with van der Waals surface area (Å²) in [6.07, 6.45) is 0.908. The standard InChI is InChI=1S/C12H14FI2NO2/c1-8(7-16-15)18-11-5-9(2-3-12(14)17)4-10(13)6-11/h4-6,8,16H,2-3,7H2,1H3/t8-/m0/s1. The van der Waals surface area contributed by atoms with Crippen LogP contribution in [0.1, 0.15) is 18.9 Å². The highest BCUT2D eigenvalue weighted by molar-refractivity contribution is 14.1. The molecule has 0 aliphatic rings. The topological polar surface area (TPSA) is 38.3 Å². The predicted molar refractivity (Wildman–Crippen MR) is 85.9 cm³/mol. The molecule has 1 atom stereocenters. The van der Waals surface area contributed by atoms with E-state index < -0.39 is 0 Å². The van der Waals surface area contributed by atoms with Gasteiger partial charge in [-0.25, -0.2) is 4.39 Å². The Balaban J connectivity index is 2.70. The SMILES string of the molecule is C[C@@H](CNI)Oc1cc(F)cc(CCC(=O)I)c1. The zero-order chi connectivity index (χ0) is 13.5. The van der Waals surface area contributed by atoms with E-state index in [1.54, 1.807) is 28.7 Å². The maximum Gasteiger partial charge on any atom is 0.192 e. The molecule has 3 nitrogen and oxygen atoms in total. The van der Waals surface area contributed by atoms with Crippen molar-refractivity contribution in [2.45, 2.75) is 25.9 Å². The van der Waals surface area contributed by atoms with Gasteiger partial charge in [0, 0.05) is 41.9 Å². The Morgan fingerprint density at radius 1 is 1.50 bits per heavy atom. The molecule has 0 aromatic heterocycles. The molecule has 6 heteroatoms. The Labute approximate surface area is 133 Å². The number of hydrogen-bond acceptors (Lipinski definition) is 3. The van der Waals surface area contributed by atoms with Gasteiger partial charge < -0.3 is 4.74 Å². The van der Waals surface area contributed by atoms with Crippen molar-refractivity contribution in [3.8, 4) is 5.75 Å². The minimum Gasteiger partial charge on any atom is -0.489 e. The lowest BCUT2D eigenvalue weighted by Gasteiger charge is -2.14. The van der Waals surface area contributed by atoms with Gasteiger partial charge in [-0.15, -0.1) is 0 Å². The van der Waals surface area contributed by atoms with E-state index in [4.69, 9.17) is 4.74 Å². The monoisotopic (exact) mass is 477 g/mol. The molecule has 18 heavy (non-hydrogen) atoms. The molecule has 0 heterocycles. The van der Waals surface area contributed by atoms with Crippen molar-refractivity contribution in [2.75, 3.05) is 6.54 Å². The normalized spacial score (nSPS) is 12.2. The van der Waals surface area contributed by atoms with Gasteiger partial charge in [0.2, 0.25) is 0 Å². The predicted octanol–water partition coefficient (Wildman–Crippen LogP) is 3.43. The zero-order valence-electron chi connectivity index (χ0n) is 9.88. The van der Waals surface area contributed by atoms with E-state index in [1.165, 1.54) is 12.1 Å². The highest BCUT2D eigenvalue weighted by Crippen LogP contribution is 2.19. The first-order chi connectivity index (χ1) is 8.51. The van der Waals surface area contributed by atoms with Gasteiger partial charge in [-0.05, 0) is 53.6 Å². The van der Waals surface area contributed by atoms with Gasteiger partial charge in [0.1, 0.15) is 17.7 Å². The lowest BCUT2D eigenvalue weighted by atomic mass is 10.1. The van der Waals surface area contributed by atoms with Crippen molar-refractivity contribution in [1.82, 2.24) is 3.53 Å². The number of nitrogens with one attached hydrogen (secondary N) is 1. The molecule has 0 unspecified atom stereocenters. The van der Waals surface area contributed by atoms with E-state index in [1.807, 2.05) is 29.8 Å². The fourth-order valence-corrected chi connectivity index (χ4v) is 2.35. The molecule has 0 saturated heterocycles. The van der Waals surface area contributed by atoms with Crippen LogP contribution in [0.5, 0.6) is 5.75 Å². The molecule has 1 aromatic rings. The fraction of sp³-hybridized carbons (Fsp3) is 0.417. The Kier molecular flexibility index (Phi) is 7.38. The summed E-state index contributed by atoms with van der Waals surface area (Å²) in [7, 11) is 0. The fourth-order valence-electron chi connectivity index (χ4n) is 1.46. The van der Waals surface area contributed by atoms with Gasteiger partial charge in [-0.3, -0.25) is 8.32 Å². The third-order valence-corrected chi connectivity index (χ3v) is 3.22. The number of halogens is 3. The average molecular weight is 477 g/mol. The summed E-state index contributed by atoms with van der Waals surface area (Å²) < 4.78 is 22.0. The second-order valence-electron chi connectivity index (χ2n) is 3.92. The number of carbonyl (C=O) groups excluding carboxylic acids is 1.